The van der Waals surface area contributed by atoms with Gasteiger partial charge in [0.25, 0.3) is 5.91 Å². The number of amides is 1. The molecule has 0 bridgehead atoms. The molecule has 9 nitrogen and oxygen atoms in total. The van der Waals surface area contributed by atoms with Crippen LogP contribution in [0.1, 0.15) is 31.0 Å². The Balaban J connectivity index is 1.63. The normalized spacial score (nSPS) is 20.3. The van der Waals surface area contributed by atoms with Crippen LogP contribution in [0.2, 0.25) is 0 Å². The molecule has 0 spiro atoms. The number of benzene rings is 2. The van der Waals surface area contributed by atoms with Gasteiger partial charge < -0.3 is 29.8 Å². The highest BCUT2D eigenvalue weighted by molar-refractivity contribution is 6.03. The molecule has 2 unspecified atom stereocenters. The molecule has 2 aliphatic heterocycles. The Morgan fingerprint density at radius 1 is 1.11 bits per heavy atom. The minimum Gasteiger partial charge on any atom is -0.497 e. The summed E-state index contributed by atoms with van der Waals surface area (Å²) in [7, 11) is 3.12. The van der Waals surface area contributed by atoms with Crippen LogP contribution in [0, 0.1) is 0 Å². The lowest BCUT2D eigenvalue weighted by Gasteiger charge is -2.39. The second-order valence-electron chi connectivity index (χ2n) is 8.52. The Morgan fingerprint density at radius 3 is 2.67 bits per heavy atom. The third-order valence-electron chi connectivity index (χ3n) is 6.49. The highest BCUT2D eigenvalue weighted by Gasteiger charge is 2.48. The van der Waals surface area contributed by atoms with Crippen LogP contribution in [0.5, 0.6) is 11.5 Å². The van der Waals surface area contributed by atoms with Crippen molar-refractivity contribution in [1.82, 2.24) is 20.5 Å². The van der Waals surface area contributed by atoms with Crippen molar-refractivity contribution in [3.8, 4) is 11.5 Å². The first-order valence-electron chi connectivity index (χ1n) is 11.7. The minimum atomic E-state index is -0.769. The number of H-pyrrole nitrogens is 1. The van der Waals surface area contributed by atoms with E-state index in [0.717, 1.165) is 16.5 Å². The number of fused-ring (bicyclic) bond motifs is 2. The molecule has 2 aliphatic rings. The predicted molar refractivity (Wildman–Crippen MR) is 135 cm³/mol. The molecule has 3 aromatic rings. The zero-order valence-corrected chi connectivity index (χ0v) is 20.5. The van der Waals surface area contributed by atoms with Gasteiger partial charge in [0.05, 0.1) is 32.4 Å². The van der Waals surface area contributed by atoms with Crippen molar-refractivity contribution >= 4 is 28.9 Å². The van der Waals surface area contributed by atoms with Gasteiger partial charge in [-0.05, 0) is 44.2 Å². The fourth-order valence-electron chi connectivity index (χ4n) is 4.84. The Hall–Kier alpha value is -4.40. The van der Waals surface area contributed by atoms with E-state index in [4.69, 9.17) is 14.2 Å². The lowest BCUT2D eigenvalue weighted by molar-refractivity contribution is -0.140. The van der Waals surface area contributed by atoms with E-state index in [1.165, 1.54) is 0 Å². The molecule has 9 heteroatoms. The summed E-state index contributed by atoms with van der Waals surface area (Å²) in [6.07, 6.45) is 3.11. The highest BCUT2D eigenvalue weighted by atomic mass is 16.5. The Morgan fingerprint density at radius 2 is 1.92 bits per heavy atom. The van der Waals surface area contributed by atoms with E-state index in [1.54, 1.807) is 51.2 Å². The summed E-state index contributed by atoms with van der Waals surface area (Å²) < 4.78 is 16.5. The summed E-state index contributed by atoms with van der Waals surface area (Å²) in [5.74, 6) is 0.341. The van der Waals surface area contributed by atoms with E-state index >= 15 is 0 Å². The molecule has 1 amide bonds. The summed E-state index contributed by atoms with van der Waals surface area (Å²) in [6.45, 7) is 3.76. The van der Waals surface area contributed by atoms with Crippen LogP contribution in [0.25, 0.3) is 17.0 Å². The first-order valence-corrected chi connectivity index (χ1v) is 11.7. The zero-order chi connectivity index (χ0) is 25.4. The number of esters is 1. The van der Waals surface area contributed by atoms with E-state index in [0.29, 0.717) is 34.0 Å². The van der Waals surface area contributed by atoms with Gasteiger partial charge in [0, 0.05) is 33.9 Å². The molecule has 2 atom stereocenters. The number of ether oxygens (including phenoxy) is 3. The molecule has 186 valence electrons. The average molecular weight is 489 g/mol. The van der Waals surface area contributed by atoms with Gasteiger partial charge >= 0.3 is 5.97 Å². The molecular weight excluding hydrogens is 460 g/mol. The van der Waals surface area contributed by atoms with Gasteiger partial charge in [-0.25, -0.2) is 4.79 Å². The molecular formula is C27H28N4O5. The maximum atomic E-state index is 13.9. The molecule has 1 fully saturated rings. The topological polar surface area (TPSA) is 105 Å². The monoisotopic (exact) mass is 488 g/mol. The number of para-hydroxylation sites is 1. The van der Waals surface area contributed by atoms with E-state index in [2.05, 4.69) is 15.6 Å². The summed E-state index contributed by atoms with van der Waals surface area (Å²) >= 11 is 0. The van der Waals surface area contributed by atoms with Crippen molar-refractivity contribution in [3.63, 3.8) is 0 Å². The van der Waals surface area contributed by atoms with Crippen molar-refractivity contribution in [2.24, 2.45) is 0 Å². The molecule has 3 N–H and O–H groups in total. The molecule has 2 aromatic carbocycles. The number of nitrogens with zero attached hydrogens (tertiary/aromatic N) is 1. The third kappa shape index (κ3) is 3.82. The van der Waals surface area contributed by atoms with Crippen molar-refractivity contribution in [3.05, 3.63) is 76.8 Å². The summed E-state index contributed by atoms with van der Waals surface area (Å²) in [5.41, 5.74) is 3.83. The second kappa shape index (κ2) is 9.33. The molecule has 3 heterocycles. The van der Waals surface area contributed by atoms with Crippen molar-refractivity contribution in [2.45, 2.75) is 26.2 Å². The van der Waals surface area contributed by atoms with Crippen molar-refractivity contribution < 1.29 is 23.8 Å². The number of aromatic amines is 1. The van der Waals surface area contributed by atoms with E-state index in [9.17, 15) is 9.59 Å². The molecule has 0 saturated carbocycles. The molecule has 0 radical (unpaired) electrons. The molecule has 1 saturated heterocycles. The number of nitrogens with one attached hydrogen (secondary N) is 3. The lowest BCUT2D eigenvalue weighted by atomic mass is 9.92. The predicted octanol–water partition coefficient (Wildman–Crippen LogP) is 3.42. The fraction of sp³-hybridized carbons (Fsp3) is 0.259. The maximum absolute atomic E-state index is 13.9. The number of aromatic nitrogens is 1. The van der Waals surface area contributed by atoms with Gasteiger partial charge in [-0.3, -0.25) is 9.69 Å². The Labute approximate surface area is 208 Å². The van der Waals surface area contributed by atoms with E-state index in [-0.39, 0.29) is 12.5 Å². The number of methoxy groups -OCH3 is 2. The van der Waals surface area contributed by atoms with Crippen LogP contribution in [0.3, 0.4) is 0 Å². The van der Waals surface area contributed by atoms with Crippen LogP contribution < -0.4 is 20.1 Å². The van der Waals surface area contributed by atoms with Gasteiger partial charge in [-0.15, -0.1) is 0 Å². The molecule has 1 aromatic heterocycles. The van der Waals surface area contributed by atoms with Crippen molar-refractivity contribution in [2.75, 3.05) is 20.8 Å². The van der Waals surface area contributed by atoms with Gasteiger partial charge in [0.2, 0.25) is 0 Å². The first-order chi connectivity index (χ1) is 17.5. The minimum absolute atomic E-state index is 0.207. The Bertz CT molecular complexity index is 1410. The van der Waals surface area contributed by atoms with Crippen LogP contribution in [0.15, 0.2) is 65.6 Å². The average Bonchev–Trinajstić information content (AvgIpc) is 3.43. The zero-order valence-electron chi connectivity index (χ0n) is 20.5. The molecule has 0 aliphatic carbocycles. The van der Waals surface area contributed by atoms with Gasteiger partial charge in [-0.1, -0.05) is 18.2 Å². The quantitative estimate of drug-likeness (QED) is 0.361. The van der Waals surface area contributed by atoms with E-state index in [1.807, 2.05) is 36.5 Å². The smallest absolute Gasteiger partial charge is 0.338 e. The summed E-state index contributed by atoms with van der Waals surface area (Å²) in [5, 5.41) is 7.55. The highest BCUT2D eigenvalue weighted by Crippen LogP contribution is 2.43. The Kier molecular flexibility index (Phi) is 6.05. The molecule has 5 rings (SSSR count). The number of carbonyl (C=O) groups is 2. The fourth-order valence-corrected chi connectivity index (χ4v) is 4.84. The van der Waals surface area contributed by atoms with Crippen LogP contribution in [-0.4, -0.2) is 48.9 Å². The lowest BCUT2D eigenvalue weighted by Crippen LogP contribution is -2.54. The van der Waals surface area contributed by atoms with Crippen LogP contribution >= 0.6 is 0 Å². The second-order valence-corrected chi connectivity index (χ2v) is 8.52. The van der Waals surface area contributed by atoms with Gasteiger partial charge in [0.15, 0.2) is 6.29 Å². The molecule has 36 heavy (non-hydrogen) atoms. The van der Waals surface area contributed by atoms with E-state index < -0.39 is 18.3 Å². The van der Waals surface area contributed by atoms with Crippen LogP contribution in [-0.2, 0) is 14.3 Å². The van der Waals surface area contributed by atoms with Gasteiger partial charge in [0.1, 0.15) is 17.2 Å². The summed E-state index contributed by atoms with van der Waals surface area (Å²) in [6, 6.07) is 12.4. The maximum Gasteiger partial charge on any atom is 0.338 e. The standard InChI is InChI=1S/C27H28N4O5/c1-5-36-26(33)23-15(2)29-27-30-21(12-16-14-28-20-9-7-6-8-18(16)20)25(32)31(27)24(23)19-13-17(34-3)10-11-22(19)35-4/h6-14,24,27-30H,5H2,1-4H3/b21-12-. The number of allylic oxidation sites excluding steroid dienone is 1. The first kappa shape index (κ1) is 23.3. The third-order valence-corrected chi connectivity index (χ3v) is 6.49. The summed E-state index contributed by atoms with van der Waals surface area (Å²) in [4.78, 5) is 31.9. The largest absolute Gasteiger partial charge is 0.497 e. The van der Waals surface area contributed by atoms with Crippen molar-refractivity contribution in [1.29, 1.82) is 0 Å². The van der Waals surface area contributed by atoms with Crippen LogP contribution in [0.4, 0.5) is 0 Å². The number of rotatable bonds is 6. The van der Waals surface area contributed by atoms with Gasteiger partial charge in [-0.2, -0.15) is 0 Å². The number of hydrogen-bond acceptors (Lipinski definition) is 7. The number of carbonyl (C=O) groups excluding carboxylic acids is 2. The SMILES string of the molecule is CCOC(=O)C1=C(C)NC2N/C(=C\c3c[nH]c4ccccc34)C(=O)N2C1c1cc(OC)ccc1OC. The number of hydrogen-bond donors (Lipinski definition) is 3.